The SMILES string of the molecule is CC1(C)c2cc(Nc3cccc4ccccc34)ccc2-c2ccc(-c3ccc(-c4ccccc4)cc3)cc21. The summed E-state index contributed by atoms with van der Waals surface area (Å²) in [4.78, 5) is 0. The highest BCUT2D eigenvalue weighted by molar-refractivity contribution is 5.96. The summed E-state index contributed by atoms with van der Waals surface area (Å²) in [5.74, 6) is 0. The maximum Gasteiger partial charge on any atom is 0.0463 e. The molecule has 0 fully saturated rings. The molecule has 0 spiro atoms. The molecule has 1 nitrogen and oxygen atoms in total. The third-order valence-corrected chi connectivity index (χ3v) is 8.07. The summed E-state index contributed by atoms with van der Waals surface area (Å²) in [6.45, 7) is 4.70. The standard InChI is InChI=1S/C37H29N/c1-37(2)34-23-29(27-17-15-26(16-18-27)25-9-4-3-5-10-25)19-21-32(34)33-22-20-30(24-35(33)37)38-36-14-8-12-28-11-6-7-13-31(28)36/h3-24,38H,1-2H3. The number of anilines is 2. The van der Waals surface area contributed by atoms with E-state index in [9.17, 15) is 0 Å². The Kier molecular flexibility index (Phi) is 5.19. The summed E-state index contributed by atoms with van der Waals surface area (Å²) in [7, 11) is 0. The lowest BCUT2D eigenvalue weighted by molar-refractivity contribution is 0.661. The summed E-state index contributed by atoms with van der Waals surface area (Å²) in [5, 5.41) is 6.18. The van der Waals surface area contributed by atoms with Crippen LogP contribution >= 0.6 is 0 Å². The minimum Gasteiger partial charge on any atom is -0.355 e. The zero-order chi connectivity index (χ0) is 25.7. The molecule has 38 heavy (non-hydrogen) atoms. The van der Waals surface area contributed by atoms with Crippen LogP contribution in [0.2, 0.25) is 0 Å². The second kappa shape index (κ2) is 8.75. The van der Waals surface area contributed by atoms with Gasteiger partial charge in [0.2, 0.25) is 0 Å². The van der Waals surface area contributed by atoms with Crippen molar-refractivity contribution in [2.45, 2.75) is 19.3 Å². The van der Waals surface area contributed by atoms with E-state index < -0.39 is 0 Å². The Hall–Kier alpha value is -4.62. The highest BCUT2D eigenvalue weighted by Crippen LogP contribution is 2.50. The Morgan fingerprint density at radius 1 is 0.474 bits per heavy atom. The fourth-order valence-corrected chi connectivity index (χ4v) is 5.97. The first kappa shape index (κ1) is 22.6. The zero-order valence-corrected chi connectivity index (χ0v) is 21.7. The molecule has 0 aromatic heterocycles. The summed E-state index contributed by atoms with van der Waals surface area (Å²) in [6, 6.07) is 48.3. The minimum absolute atomic E-state index is 0.0822. The van der Waals surface area contributed by atoms with Gasteiger partial charge in [0.25, 0.3) is 0 Å². The van der Waals surface area contributed by atoms with Crippen molar-refractivity contribution in [2.75, 3.05) is 5.32 Å². The molecule has 7 rings (SSSR count). The maximum absolute atomic E-state index is 3.70. The first-order valence-electron chi connectivity index (χ1n) is 13.3. The van der Waals surface area contributed by atoms with Crippen molar-refractivity contribution in [2.24, 2.45) is 0 Å². The molecule has 182 valence electrons. The van der Waals surface area contributed by atoms with Crippen molar-refractivity contribution in [3.63, 3.8) is 0 Å². The molecule has 0 saturated heterocycles. The topological polar surface area (TPSA) is 12.0 Å². The average Bonchev–Trinajstić information content (AvgIpc) is 3.19. The molecule has 0 unspecified atom stereocenters. The lowest BCUT2D eigenvalue weighted by atomic mass is 9.81. The lowest BCUT2D eigenvalue weighted by Crippen LogP contribution is -2.15. The smallest absolute Gasteiger partial charge is 0.0463 e. The van der Waals surface area contributed by atoms with Crippen LogP contribution in [0.25, 0.3) is 44.2 Å². The van der Waals surface area contributed by atoms with E-state index in [0.29, 0.717) is 0 Å². The fraction of sp³-hybridized carbons (Fsp3) is 0.0811. The lowest BCUT2D eigenvalue weighted by Gasteiger charge is -2.23. The number of rotatable bonds is 4. The van der Waals surface area contributed by atoms with Crippen LogP contribution in [0.5, 0.6) is 0 Å². The quantitative estimate of drug-likeness (QED) is 0.261. The first-order valence-corrected chi connectivity index (χ1v) is 13.3. The van der Waals surface area contributed by atoms with Gasteiger partial charge < -0.3 is 5.32 Å². The number of fused-ring (bicyclic) bond motifs is 4. The molecule has 0 heterocycles. The maximum atomic E-state index is 3.70. The van der Waals surface area contributed by atoms with Crippen LogP contribution in [0.3, 0.4) is 0 Å². The van der Waals surface area contributed by atoms with Crippen molar-refractivity contribution in [1.82, 2.24) is 0 Å². The molecule has 1 heteroatoms. The van der Waals surface area contributed by atoms with Crippen LogP contribution < -0.4 is 5.32 Å². The molecular formula is C37H29N. The molecule has 0 amide bonds. The third kappa shape index (κ3) is 3.71. The van der Waals surface area contributed by atoms with Crippen LogP contribution in [0, 0.1) is 0 Å². The van der Waals surface area contributed by atoms with Gasteiger partial charge in [-0.15, -0.1) is 0 Å². The molecule has 0 atom stereocenters. The van der Waals surface area contributed by atoms with Crippen molar-refractivity contribution in [1.29, 1.82) is 0 Å². The number of nitrogens with one attached hydrogen (secondary N) is 1. The van der Waals surface area contributed by atoms with Gasteiger partial charge in [0, 0.05) is 22.2 Å². The van der Waals surface area contributed by atoms with E-state index in [1.807, 2.05) is 0 Å². The Bertz CT molecular complexity index is 1790. The summed E-state index contributed by atoms with van der Waals surface area (Å²) in [5.41, 5.74) is 12.6. The molecule has 0 bridgehead atoms. The van der Waals surface area contributed by atoms with Gasteiger partial charge in [-0.2, -0.15) is 0 Å². The molecule has 0 radical (unpaired) electrons. The first-order chi connectivity index (χ1) is 18.6. The van der Waals surface area contributed by atoms with E-state index in [2.05, 4.69) is 153 Å². The van der Waals surface area contributed by atoms with Gasteiger partial charge in [0.15, 0.2) is 0 Å². The van der Waals surface area contributed by atoms with E-state index in [1.165, 1.54) is 55.3 Å². The van der Waals surface area contributed by atoms with E-state index >= 15 is 0 Å². The van der Waals surface area contributed by atoms with Gasteiger partial charge in [-0.1, -0.05) is 123 Å². The highest BCUT2D eigenvalue weighted by Gasteiger charge is 2.35. The summed E-state index contributed by atoms with van der Waals surface area (Å²) >= 11 is 0. The molecule has 1 N–H and O–H groups in total. The number of hydrogen-bond acceptors (Lipinski definition) is 1. The zero-order valence-electron chi connectivity index (χ0n) is 21.7. The van der Waals surface area contributed by atoms with Gasteiger partial charge in [-0.05, 0) is 74.2 Å². The van der Waals surface area contributed by atoms with Crippen LogP contribution in [0.15, 0.2) is 133 Å². The van der Waals surface area contributed by atoms with Crippen molar-refractivity contribution in [3.05, 3.63) is 145 Å². The normalized spacial score (nSPS) is 13.2. The van der Waals surface area contributed by atoms with Gasteiger partial charge in [0.1, 0.15) is 0 Å². The Morgan fingerprint density at radius 2 is 1.05 bits per heavy atom. The van der Waals surface area contributed by atoms with Gasteiger partial charge in [-0.25, -0.2) is 0 Å². The van der Waals surface area contributed by atoms with Crippen LogP contribution in [-0.2, 0) is 5.41 Å². The van der Waals surface area contributed by atoms with Crippen LogP contribution in [0.4, 0.5) is 11.4 Å². The van der Waals surface area contributed by atoms with E-state index in [1.54, 1.807) is 0 Å². The molecule has 1 aliphatic carbocycles. The molecule has 6 aromatic carbocycles. The van der Waals surface area contributed by atoms with Gasteiger partial charge >= 0.3 is 0 Å². The van der Waals surface area contributed by atoms with Crippen LogP contribution in [0.1, 0.15) is 25.0 Å². The molecule has 1 aliphatic rings. The van der Waals surface area contributed by atoms with Gasteiger partial charge in [0.05, 0.1) is 0 Å². The molecular weight excluding hydrogens is 458 g/mol. The molecule has 0 saturated carbocycles. The Balaban J connectivity index is 1.22. The Morgan fingerprint density at radius 3 is 1.84 bits per heavy atom. The second-order valence-electron chi connectivity index (χ2n) is 10.7. The van der Waals surface area contributed by atoms with Crippen molar-refractivity contribution in [3.8, 4) is 33.4 Å². The molecule has 6 aromatic rings. The van der Waals surface area contributed by atoms with Crippen molar-refractivity contribution >= 4 is 22.1 Å². The highest BCUT2D eigenvalue weighted by atomic mass is 14.9. The van der Waals surface area contributed by atoms with E-state index in [4.69, 9.17) is 0 Å². The fourth-order valence-electron chi connectivity index (χ4n) is 5.97. The third-order valence-electron chi connectivity index (χ3n) is 8.07. The second-order valence-corrected chi connectivity index (χ2v) is 10.7. The predicted molar refractivity (Wildman–Crippen MR) is 162 cm³/mol. The summed E-state index contributed by atoms with van der Waals surface area (Å²) in [6.07, 6.45) is 0. The van der Waals surface area contributed by atoms with Crippen molar-refractivity contribution < 1.29 is 0 Å². The largest absolute Gasteiger partial charge is 0.355 e. The summed E-state index contributed by atoms with van der Waals surface area (Å²) < 4.78 is 0. The Labute approximate surface area is 224 Å². The molecule has 0 aliphatic heterocycles. The predicted octanol–water partition coefficient (Wildman–Crippen LogP) is 10.2. The van der Waals surface area contributed by atoms with E-state index in [0.717, 1.165) is 11.4 Å². The number of benzene rings is 6. The average molecular weight is 488 g/mol. The van der Waals surface area contributed by atoms with Gasteiger partial charge in [-0.3, -0.25) is 0 Å². The van der Waals surface area contributed by atoms with E-state index in [-0.39, 0.29) is 5.41 Å². The number of hydrogen-bond donors (Lipinski definition) is 1. The monoisotopic (exact) mass is 487 g/mol. The minimum atomic E-state index is -0.0822. The van der Waals surface area contributed by atoms with Crippen LogP contribution in [-0.4, -0.2) is 0 Å².